The summed E-state index contributed by atoms with van der Waals surface area (Å²) in [5.41, 5.74) is 1.26. The molecule has 4 rings (SSSR count). The molecule has 1 nitrogen and oxygen atoms in total. The molecule has 1 heterocycles. The average molecular weight is 290 g/mol. The fourth-order valence-corrected chi connectivity index (χ4v) is 7.58. The first kappa shape index (κ1) is 14.5. The van der Waals surface area contributed by atoms with Crippen LogP contribution in [0.15, 0.2) is 0 Å². The van der Waals surface area contributed by atoms with Crippen LogP contribution >= 0.6 is 0 Å². The number of hydrogen-bond acceptors (Lipinski definition) is 1. The molecule has 3 aliphatic carbocycles. The molecule has 0 aromatic carbocycles. The van der Waals surface area contributed by atoms with Crippen LogP contribution < -0.4 is 0 Å². The Hall–Kier alpha value is -0.0400. The van der Waals surface area contributed by atoms with Gasteiger partial charge in [-0.05, 0) is 94.0 Å². The summed E-state index contributed by atoms with van der Waals surface area (Å²) in [7, 11) is 0. The van der Waals surface area contributed by atoms with E-state index in [0.717, 1.165) is 23.7 Å². The molecule has 21 heavy (non-hydrogen) atoms. The number of likely N-dealkylation sites (tertiary alicyclic amines) is 1. The third kappa shape index (κ3) is 1.92. The molecule has 0 radical (unpaired) electrons. The second-order valence-corrected chi connectivity index (χ2v) is 9.17. The lowest BCUT2D eigenvalue weighted by Gasteiger charge is -2.60. The van der Waals surface area contributed by atoms with Crippen molar-refractivity contribution >= 4 is 0 Å². The predicted molar refractivity (Wildman–Crippen MR) is 89.3 cm³/mol. The molecule has 4 fully saturated rings. The maximum absolute atomic E-state index is 2.82. The number of rotatable bonds is 1. The average Bonchev–Trinajstić information content (AvgIpc) is 2.83. The zero-order chi connectivity index (χ0) is 14.7. The second-order valence-electron chi connectivity index (χ2n) is 9.17. The molecule has 3 saturated carbocycles. The third-order valence-corrected chi connectivity index (χ3v) is 8.75. The van der Waals surface area contributed by atoms with Gasteiger partial charge in [0.05, 0.1) is 0 Å². The van der Waals surface area contributed by atoms with Crippen LogP contribution in [0.25, 0.3) is 0 Å². The first-order valence-corrected chi connectivity index (χ1v) is 9.84. The highest BCUT2D eigenvalue weighted by Crippen LogP contribution is 2.63. The second kappa shape index (κ2) is 4.98. The van der Waals surface area contributed by atoms with Crippen LogP contribution in [0.2, 0.25) is 0 Å². The van der Waals surface area contributed by atoms with Crippen LogP contribution in [0.4, 0.5) is 0 Å². The van der Waals surface area contributed by atoms with E-state index in [1.807, 2.05) is 0 Å². The quantitative estimate of drug-likeness (QED) is 0.649. The van der Waals surface area contributed by atoms with Crippen LogP contribution in [0.3, 0.4) is 0 Å². The van der Waals surface area contributed by atoms with Gasteiger partial charge in [0.15, 0.2) is 0 Å². The van der Waals surface area contributed by atoms with Crippen LogP contribution in [0, 0.1) is 29.1 Å². The van der Waals surface area contributed by atoms with E-state index < -0.39 is 0 Å². The van der Waals surface area contributed by atoms with Crippen LogP contribution in [0.1, 0.15) is 78.6 Å². The Kier molecular flexibility index (Phi) is 3.45. The smallest absolute Gasteiger partial charge is 0.0212 e. The van der Waals surface area contributed by atoms with Crippen molar-refractivity contribution in [2.75, 3.05) is 13.1 Å². The SMILES string of the molecule is CCN1CC[C@H]2[C@@H]3CCC4CCCC[C@]4(C)[C@H]3CC[C@@]21C. The Morgan fingerprint density at radius 1 is 0.905 bits per heavy atom. The van der Waals surface area contributed by atoms with Crippen LogP contribution in [-0.2, 0) is 0 Å². The molecule has 0 aromatic heterocycles. The fraction of sp³-hybridized carbons (Fsp3) is 1.00. The number of hydrogen-bond donors (Lipinski definition) is 0. The third-order valence-electron chi connectivity index (χ3n) is 8.75. The molecular weight excluding hydrogens is 254 g/mol. The van der Waals surface area contributed by atoms with Gasteiger partial charge in [0.25, 0.3) is 0 Å². The maximum Gasteiger partial charge on any atom is 0.0212 e. The van der Waals surface area contributed by atoms with Crippen molar-refractivity contribution in [2.45, 2.75) is 84.1 Å². The molecule has 0 N–H and O–H groups in total. The first-order valence-electron chi connectivity index (χ1n) is 9.84. The first-order chi connectivity index (χ1) is 10.1. The molecule has 0 bridgehead atoms. The summed E-state index contributed by atoms with van der Waals surface area (Å²) >= 11 is 0. The minimum Gasteiger partial charge on any atom is -0.298 e. The Balaban J connectivity index is 1.62. The van der Waals surface area contributed by atoms with Crippen molar-refractivity contribution in [2.24, 2.45) is 29.1 Å². The lowest BCUT2D eigenvalue weighted by atomic mass is 9.46. The van der Waals surface area contributed by atoms with E-state index in [1.165, 1.54) is 45.2 Å². The minimum atomic E-state index is 0.549. The molecule has 1 unspecified atom stereocenters. The lowest BCUT2D eigenvalue weighted by molar-refractivity contribution is -0.103. The van der Waals surface area contributed by atoms with Gasteiger partial charge in [-0.1, -0.05) is 26.7 Å². The van der Waals surface area contributed by atoms with E-state index in [4.69, 9.17) is 0 Å². The van der Waals surface area contributed by atoms with Gasteiger partial charge in [-0.3, -0.25) is 4.90 Å². The van der Waals surface area contributed by atoms with Gasteiger partial charge >= 0.3 is 0 Å². The summed E-state index contributed by atoms with van der Waals surface area (Å²) in [6.45, 7) is 10.3. The molecule has 1 saturated heterocycles. The van der Waals surface area contributed by atoms with Crippen molar-refractivity contribution in [3.8, 4) is 0 Å². The zero-order valence-corrected chi connectivity index (χ0v) is 14.5. The van der Waals surface area contributed by atoms with Gasteiger partial charge in [-0.25, -0.2) is 0 Å². The van der Waals surface area contributed by atoms with Crippen molar-refractivity contribution in [1.82, 2.24) is 4.90 Å². The van der Waals surface area contributed by atoms with E-state index in [-0.39, 0.29) is 0 Å². The molecule has 4 aliphatic rings. The summed E-state index contributed by atoms with van der Waals surface area (Å²) in [4.78, 5) is 2.82. The minimum absolute atomic E-state index is 0.549. The highest BCUT2D eigenvalue weighted by molar-refractivity contribution is 5.10. The Labute approximate surface area is 131 Å². The summed E-state index contributed by atoms with van der Waals surface area (Å²) in [5, 5.41) is 0. The van der Waals surface area contributed by atoms with Gasteiger partial charge < -0.3 is 0 Å². The van der Waals surface area contributed by atoms with Gasteiger partial charge in [0.1, 0.15) is 0 Å². The summed E-state index contributed by atoms with van der Waals surface area (Å²) < 4.78 is 0. The van der Waals surface area contributed by atoms with Gasteiger partial charge in [-0.15, -0.1) is 0 Å². The van der Waals surface area contributed by atoms with Crippen molar-refractivity contribution in [3.63, 3.8) is 0 Å². The summed E-state index contributed by atoms with van der Waals surface area (Å²) in [6, 6.07) is 0. The summed E-state index contributed by atoms with van der Waals surface area (Å²) in [6.07, 6.45) is 13.7. The van der Waals surface area contributed by atoms with Gasteiger partial charge in [-0.2, -0.15) is 0 Å². The molecule has 0 spiro atoms. The molecule has 1 aliphatic heterocycles. The van der Waals surface area contributed by atoms with E-state index in [0.29, 0.717) is 11.0 Å². The van der Waals surface area contributed by atoms with E-state index >= 15 is 0 Å². The number of nitrogens with zero attached hydrogens (tertiary/aromatic N) is 1. The van der Waals surface area contributed by atoms with E-state index in [1.54, 1.807) is 25.7 Å². The lowest BCUT2D eigenvalue weighted by Crippen LogP contribution is -2.57. The van der Waals surface area contributed by atoms with E-state index in [2.05, 4.69) is 25.7 Å². The van der Waals surface area contributed by atoms with E-state index in [9.17, 15) is 0 Å². The van der Waals surface area contributed by atoms with Crippen LogP contribution in [0.5, 0.6) is 0 Å². The standard InChI is InChI=1S/C20H35N/c1-4-21-14-11-18-16-9-8-15-7-5-6-12-19(15,2)17(16)10-13-20(18,21)3/h15-18H,4-14H2,1-3H3/t15?,16-,17+,18+,19+,20+/m1/s1. The number of fused-ring (bicyclic) bond motifs is 5. The largest absolute Gasteiger partial charge is 0.298 e. The van der Waals surface area contributed by atoms with Crippen molar-refractivity contribution < 1.29 is 0 Å². The Bertz CT molecular complexity index is 405. The van der Waals surface area contributed by atoms with Crippen LogP contribution in [-0.4, -0.2) is 23.5 Å². The highest BCUT2D eigenvalue weighted by Gasteiger charge is 2.58. The molecular formula is C20H35N. The van der Waals surface area contributed by atoms with Gasteiger partial charge in [0, 0.05) is 5.54 Å². The van der Waals surface area contributed by atoms with Crippen molar-refractivity contribution in [1.29, 1.82) is 0 Å². The molecule has 0 amide bonds. The van der Waals surface area contributed by atoms with Crippen molar-refractivity contribution in [3.05, 3.63) is 0 Å². The predicted octanol–water partition coefficient (Wildman–Crippen LogP) is 5.10. The highest BCUT2D eigenvalue weighted by atomic mass is 15.2. The summed E-state index contributed by atoms with van der Waals surface area (Å²) in [5.74, 6) is 4.20. The normalized spacial score (nSPS) is 53.9. The molecule has 1 heteroatoms. The topological polar surface area (TPSA) is 3.24 Å². The fourth-order valence-electron chi connectivity index (χ4n) is 7.58. The maximum atomic E-state index is 2.82. The zero-order valence-electron chi connectivity index (χ0n) is 14.5. The Morgan fingerprint density at radius 3 is 2.57 bits per heavy atom. The van der Waals surface area contributed by atoms with Gasteiger partial charge in [0.2, 0.25) is 0 Å². The Morgan fingerprint density at radius 2 is 1.76 bits per heavy atom. The molecule has 120 valence electrons. The molecule has 0 aromatic rings. The molecule has 6 atom stereocenters. The monoisotopic (exact) mass is 289 g/mol.